The molecule has 2 aromatic heterocycles. The van der Waals surface area contributed by atoms with Gasteiger partial charge in [-0.15, -0.1) is 0 Å². The predicted octanol–water partition coefficient (Wildman–Crippen LogP) is 3.32. The molecule has 0 radical (unpaired) electrons. The van der Waals surface area contributed by atoms with E-state index in [2.05, 4.69) is 25.9 Å². The zero-order chi connectivity index (χ0) is 18.1. The summed E-state index contributed by atoms with van der Waals surface area (Å²) in [7, 11) is 0. The lowest BCUT2D eigenvalue weighted by Crippen LogP contribution is -2.37. The van der Waals surface area contributed by atoms with Gasteiger partial charge in [0.1, 0.15) is 5.82 Å². The fraction of sp³-hybridized carbons (Fsp3) is 0.400. The SMILES string of the molecule is CC(=O)c1cnc(N2CCC[C@H](Cc3nc4ccccc4[nH]3)C2)nc1C. The van der Waals surface area contributed by atoms with Gasteiger partial charge in [-0.25, -0.2) is 15.0 Å². The van der Waals surface area contributed by atoms with Crippen molar-refractivity contribution in [3.05, 3.63) is 47.5 Å². The third-order valence-electron chi connectivity index (χ3n) is 5.07. The predicted molar refractivity (Wildman–Crippen MR) is 102 cm³/mol. The van der Waals surface area contributed by atoms with E-state index in [1.807, 2.05) is 25.1 Å². The maximum Gasteiger partial charge on any atom is 0.225 e. The third kappa shape index (κ3) is 3.31. The van der Waals surface area contributed by atoms with Gasteiger partial charge in [0.25, 0.3) is 0 Å². The Labute approximate surface area is 152 Å². The number of hydrogen-bond acceptors (Lipinski definition) is 5. The molecule has 0 amide bonds. The molecular formula is C20H23N5O. The Morgan fingerprint density at radius 2 is 2.15 bits per heavy atom. The van der Waals surface area contributed by atoms with E-state index in [0.29, 0.717) is 11.5 Å². The van der Waals surface area contributed by atoms with Crippen molar-refractivity contribution >= 4 is 22.8 Å². The Hall–Kier alpha value is -2.76. The van der Waals surface area contributed by atoms with Gasteiger partial charge in [0.15, 0.2) is 5.78 Å². The maximum atomic E-state index is 11.6. The number of rotatable bonds is 4. The largest absolute Gasteiger partial charge is 0.342 e. The van der Waals surface area contributed by atoms with Crippen molar-refractivity contribution in [3.8, 4) is 0 Å². The molecule has 0 spiro atoms. The Morgan fingerprint density at radius 1 is 1.31 bits per heavy atom. The van der Waals surface area contributed by atoms with E-state index in [-0.39, 0.29) is 5.78 Å². The molecule has 1 N–H and O–H groups in total. The van der Waals surface area contributed by atoms with Crippen molar-refractivity contribution in [1.82, 2.24) is 19.9 Å². The van der Waals surface area contributed by atoms with E-state index < -0.39 is 0 Å². The first kappa shape index (κ1) is 16.7. The summed E-state index contributed by atoms with van der Waals surface area (Å²) in [6, 6.07) is 8.14. The van der Waals surface area contributed by atoms with Gasteiger partial charge < -0.3 is 9.88 Å². The highest BCUT2D eigenvalue weighted by Gasteiger charge is 2.23. The van der Waals surface area contributed by atoms with Crippen LogP contribution in [0.1, 0.15) is 41.6 Å². The van der Waals surface area contributed by atoms with Crippen LogP contribution in [0.4, 0.5) is 5.95 Å². The van der Waals surface area contributed by atoms with E-state index in [9.17, 15) is 4.79 Å². The summed E-state index contributed by atoms with van der Waals surface area (Å²) in [5, 5.41) is 0. The van der Waals surface area contributed by atoms with Crippen LogP contribution in [0.25, 0.3) is 11.0 Å². The average Bonchev–Trinajstić information content (AvgIpc) is 3.03. The minimum atomic E-state index is 0.00968. The topological polar surface area (TPSA) is 74.8 Å². The summed E-state index contributed by atoms with van der Waals surface area (Å²) in [5.74, 6) is 2.29. The molecule has 1 aliphatic rings. The number of piperidine rings is 1. The van der Waals surface area contributed by atoms with Crippen LogP contribution in [0.3, 0.4) is 0 Å². The normalized spacial score (nSPS) is 17.6. The van der Waals surface area contributed by atoms with Gasteiger partial charge in [0, 0.05) is 25.7 Å². The summed E-state index contributed by atoms with van der Waals surface area (Å²) in [6.07, 6.45) is 4.87. The average molecular weight is 349 g/mol. The molecule has 6 heteroatoms. The van der Waals surface area contributed by atoms with Crippen LogP contribution in [-0.4, -0.2) is 38.8 Å². The molecule has 26 heavy (non-hydrogen) atoms. The number of aromatic nitrogens is 4. The summed E-state index contributed by atoms with van der Waals surface area (Å²) < 4.78 is 0. The molecule has 0 aliphatic carbocycles. The number of Topliss-reactive ketones (excluding diaryl/α,β-unsaturated/α-hetero) is 1. The Bertz CT molecular complexity index is 915. The molecule has 0 saturated carbocycles. The number of ketones is 1. The molecule has 6 nitrogen and oxygen atoms in total. The lowest BCUT2D eigenvalue weighted by atomic mass is 9.95. The quantitative estimate of drug-likeness (QED) is 0.731. The first-order chi connectivity index (χ1) is 12.6. The highest BCUT2D eigenvalue weighted by molar-refractivity contribution is 5.94. The van der Waals surface area contributed by atoms with Crippen molar-refractivity contribution in [3.63, 3.8) is 0 Å². The molecular weight excluding hydrogens is 326 g/mol. The standard InChI is InChI=1S/C20H23N5O/c1-13-16(14(2)26)11-21-20(22-13)25-9-5-6-15(12-25)10-19-23-17-7-3-4-8-18(17)24-19/h3-4,7-8,11,15H,5-6,9-10,12H2,1-2H3,(H,23,24)/t15-/m1/s1. The zero-order valence-corrected chi connectivity index (χ0v) is 15.2. The van der Waals surface area contributed by atoms with Gasteiger partial charge in [-0.1, -0.05) is 12.1 Å². The van der Waals surface area contributed by atoms with Crippen LogP contribution in [0.15, 0.2) is 30.5 Å². The van der Waals surface area contributed by atoms with Crippen LogP contribution in [0.5, 0.6) is 0 Å². The summed E-state index contributed by atoms with van der Waals surface area (Å²) in [6.45, 7) is 5.29. The van der Waals surface area contributed by atoms with Gasteiger partial charge in [-0.3, -0.25) is 4.79 Å². The second-order valence-corrected chi connectivity index (χ2v) is 7.08. The van der Waals surface area contributed by atoms with Crippen molar-refractivity contribution in [2.24, 2.45) is 5.92 Å². The number of nitrogens with one attached hydrogen (secondary N) is 1. The molecule has 1 aliphatic heterocycles. The van der Waals surface area contributed by atoms with E-state index >= 15 is 0 Å². The monoisotopic (exact) mass is 349 g/mol. The van der Waals surface area contributed by atoms with Crippen molar-refractivity contribution in [1.29, 1.82) is 0 Å². The first-order valence-electron chi connectivity index (χ1n) is 9.13. The van der Waals surface area contributed by atoms with Crippen LogP contribution in [0.2, 0.25) is 0 Å². The number of aryl methyl sites for hydroxylation is 1. The number of carbonyl (C=O) groups is 1. The minimum absolute atomic E-state index is 0.00968. The number of nitrogens with zero attached hydrogens (tertiary/aromatic N) is 4. The highest BCUT2D eigenvalue weighted by atomic mass is 16.1. The number of fused-ring (bicyclic) bond motifs is 1. The number of hydrogen-bond donors (Lipinski definition) is 1. The molecule has 3 heterocycles. The van der Waals surface area contributed by atoms with Crippen LogP contribution >= 0.6 is 0 Å². The number of imidazole rings is 1. The number of aromatic amines is 1. The van der Waals surface area contributed by atoms with Crippen molar-refractivity contribution in [2.45, 2.75) is 33.1 Å². The van der Waals surface area contributed by atoms with Gasteiger partial charge in [-0.2, -0.15) is 0 Å². The minimum Gasteiger partial charge on any atom is -0.342 e. The molecule has 134 valence electrons. The number of carbonyl (C=O) groups excluding carboxylic acids is 1. The Kier molecular flexibility index (Phi) is 4.41. The molecule has 0 bridgehead atoms. The maximum absolute atomic E-state index is 11.6. The van der Waals surface area contributed by atoms with Crippen LogP contribution < -0.4 is 4.90 Å². The van der Waals surface area contributed by atoms with Gasteiger partial charge >= 0.3 is 0 Å². The summed E-state index contributed by atoms with van der Waals surface area (Å²) >= 11 is 0. The Morgan fingerprint density at radius 3 is 2.92 bits per heavy atom. The van der Waals surface area contributed by atoms with E-state index in [1.54, 1.807) is 13.1 Å². The second-order valence-electron chi connectivity index (χ2n) is 7.08. The lowest BCUT2D eigenvalue weighted by Gasteiger charge is -2.32. The zero-order valence-electron chi connectivity index (χ0n) is 15.2. The lowest BCUT2D eigenvalue weighted by molar-refractivity contribution is 0.101. The molecule has 0 unspecified atom stereocenters. The van der Waals surface area contributed by atoms with Crippen LogP contribution in [-0.2, 0) is 6.42 Å². The molecule has 4 rings (SSSR count). The number of H-pyrrole nitrogens is 1. The molecule has 3 aromatic rings. The summed E-state index contributed by atoms with van der Waals surface area (Å²) in [4.78, 5) is 30.9. The van der Waals surface area contributed by atoms with Gasteiger partial charge in [0.2, 0.25) is 5.95 Å². The molecule has 1 fully saturated rings. The molecule has 1 aromatic carbocycles. The fourth-order valence-electron chi connectivity index (χ4n) is 3.74. The Balaban J connectivity index is 1.48. The molecule has 1 atom stereocenters. The van der Waals surface area contributed by atoms with E-state index in [0.717, 1.165) is 54.4 Å². The fourth-order valence-corrected chi connectivity index (χ4v) is 3.74. The van der Waals surface area contributed by atoms with Gasteiger partial charge in [-0.05, 0) is 44.7 Å². The highest BCUT2D eigenvalue weighted by Crippen LogP contribution is 2.24. The van der Waals surface area contributed by atoms with Gasteiger partial charge in [0.05, 0.1) is 22.3 Å². The number of anilines is 1. The first-order valence-corrected chi connectivity index (χ1v) is 9.13. The van der Waals surface area contributed by atoms with E-state index in [1.165, 1.54) is 6.42 Å². The summed E-state index contributed by atoms with van der Waals surface area (Å²) in [5.41, 5.74) is 3.47. The third-order valence-corrected chi connectivity index (χ3v) is 5.07. The van der Waals surface area contributed by atoms with E-state index in [4.69, 9.17) is 4.98 Å². The number of benzene rings is 1. The van der Waals surface area contributed by atoms with Crippen molar-refractivity contribution < 1.29 is 4.79 Å². The second kappa shape index (κ2) is 6.86. The smallest absolute Gasteiger partial charge is 0.225 e. The number of para-hydroxylation sites is 2. The van der Waals surface area contributed by atoms with Crippen LogP contribution in [0, 0.1) is 12.8 Å². The van der Waals surface area contributed by atoms with Crippen molar-refractivity contribution in [2.75, 3.05) is 18.0 Å². The molecule has 1 saturated heterocycles.